The second-order valence-electron chi connectivity index (χ2n) is 41.7. The Morgan fingerprint density at radius 3 is 0.910 bits per heavy atom. The van der Waals surface area contributed by atoms with Gasteiger partial charge in [0.25, 0.3) is 0 Å². The number of methoxy groups -OCH3 is 1. The fourth-order valence-corrected chi connectivity index (χ4v) is 21.5. The first-order valence-electron chi connectivity index (χ1n) is 49.8. The number of ether oxygens (including phenoxy) is 6. The van der Waals surface area contributed by atoms with E-state index in [0.717, 1.165) is 198 Å². The zero-order valence-electron chi connectivity index (χ0n) is 83.8. The van der Waals surface area contributed by atoms with Crippen molar-refractivity contribution in [2.75, 3.05) is 72.9 Å². The molecule has 5 aliphatic heterocycles. The topological polar surface area (TPSA) is 156 Å². The van der Waals surface area contributed by atoms with Gasteiger partial charge in [0.05, 0.1) is 35.1 Å². The molecule has 10 aromatic carbocycles. The Hall–Kier alpha value is -8.87. The summed E-state index contributed by atoms with van der Waals surface area (Å²) in [6.45, 7) is 46.3. The average Bonchev–Trinajstić information content (AvgIpc) is 0.776. The van der Waals surface area contributed by atoms with E-state index in [1.807, 2.05) is 60.7 Å². The number of rotatable bonds is 33. The molecular formula is C119H162FN5O8. The molecule has 5 aliphatic rings. The number of aryl methyl sites for hydroxylation is 4. The van der Waals surface area contributed by atoms with Crippen molar-refractivity contribution in [1.82, 2.24) is 26.6 Å². The summed E-state index contributed by atoms with van der Waals surface area (Å²) < 4.78 is 49.0. The number of nitrogens with one attached hydrogen (secondary N) is 5. The van der Waals surface area contributed by atoms with Gasteiger partial charge in [0.15, 0.2) is 0 Å². The van der Waals surface area contributed by atoms with E-state index in [0.29, 0.717) is 36.7 Å². The third kappa shape index (κ3) is 30.6. The van der Waals surface area contributed by atoms with E-state index < -0.39 is 0 Å². The van der Waals surface area contributed by atoms with Crippen LogP contribution in [0.1, 0.15) is 282 Å². The molecule has 718 valence electrons. The minimum atomic E-state index is -0.197. The predicted molar refractivity (Wildman–Crippen MR) is 548 cm³/mol. The minimum absolute atomic E-state index is 0.0254. The maximum atomic E-state index is 13.5. The standard InChI is InChI=1S/2C24H33NO2.2C24H33NO.C23H30FNO2/c1-19-5-9-21(10-6-19)24(14-16-27-23(2,3)18-24)13-15-25-17-20-7-11-22(26-4)12-8-20;1-4-23(3)18-24(14-16-27-23,21-11-9-19(2)10-12-21)13-15-25-17-20-7-5-6-8-22(20)26;2*1-19-10-12-22(13-11-19)24(15-17-26-23(3,4)18-24)14-16-25-20(2)21-8-6-5-7-9-21;1-3-22(2)17-23(13-15-27-22,19-8-10-20(24)11-9-19)12-14-25-16-18-6-4-5-7-21(18)26/h5-12,25H,13-18H2,1-4H3;5-12,25-26H,4,13-18H2,1-3H3;2*5-13,20,25H,14-18H2,1-4H3;4-11,25-26H,3,12-17H2,1-2H3/t;;2*20-,24?;/m..10./s1. The highest BCUT2D eigenvalue weighted by Crippen LogP contribution is 2.50. The van der Waals surface area contributed by atoms with Gasteiger partial charge in [-0.2, -0.15) is 0 Å². The molecule has 7 N–H and O–H groups in total. The Morgan fingerprint density at radius 1 is 0.331 bits per heavy atom. The second kappa shape index (κ2) is 48.7. The minimum Gasteiger partial charge on any atom is -0.508 e. The van der Waals surface area contributed by atoms with E-state index in [2.05, 4.69) is 307 Å². The molecule has 5 saturated heterocycles. The molecule has 14 heteroatoms. The third-order valence-electron chi connectivity index (χ3n) is 29.8. The number of hydrogen-bond donors (Lipinski definition) is 7. The molecule has 0 amide bonds. The molecule has 133 heavy (non-hydrogen) atoms. The van der Waals surface area contributed by atoms with Crippen molar-refractivity contribution >= 4 is 0 Å². The number of phenols is 2. The van der Waals surface area contributed by atoms with Crippen LogP contribution < -0.4 is 31.3 Å². The lowest BCUT2D eigenvalue weighted by Crippen LogP contribution is -2.46. The first-order valence-corrected chi connectivity index (χ1v) is 49.8. The lowest BCUT2D eigenvalue weighted by atomic mass is 9.66. The van der Waals surface area contributed by atoms with Crippen LogP contribution in [0, 0.1) is 33.5 Å². The lowest BCUT2D eigenvalue weighted by Gasteiger charge is -2.47. The molecule has 0 spiro atoms. The molecule has 0 saturated carbocycles. The normalized spacial score (nSPS) is 24.0. The quantitative estimate of drug-likeness (QED) is 0.0195. The van der Waals surface area contributed by atoms with Gasteiger partial charge in [-0.3, -0.25) is 0 Å². The van der Waals surface area contributed by atoms with Crippen LogP contribution in [-0.2, 0) is 70.4 Å². The summed E-state index contributed by atoms with van der Waals surface area (Å²) in [6.07, 6.45) is 17.9. The highest BCUT2D eigenvalue weighted by atomic mass is 19.1. The van der Waals surface area contributed by atoms with E-state index in [4.69, 9.17) is 28.4 Å². The summed E-state index contributed by atoms with van der Waals surface area (Å²) in [5.41, 5.74) is 18.4. The van der Waals surface area contributed by atoms with Crippen LogP contribution in [0.3, 0.4) is 0 Å². The number of aromatic hydroxyl groups is 2. The summed E-state index contributed by atoms with van der Waals surface area (Å²) in [6, 6.07) is 88.9. The van der Waals surface area contributed by atoms with Crippen LogP contribution in [0.15, 0.2) is 255 Å². The molecule has 0 aromatic heterocycles. The van der Waals surface area contributed by atoms with Gasteiger partial charge < -0.3 is 65.2 Å². The first kappa shape index (κ1) is 105. The third-order valence-corrected chi connectivity index (χ3v) is 29.8. The van der Waals surface area contributed by atoms with Gasteiger partial charge in [-0.1, -0.05) is 254 Å². The smallest absolute Gasteiger partial charge is 0.123 e. The molecule has 9 atom stereocenters. The van der Waals surface area contributed by atoms with Gasteiger partial charge in [0, 0.05) is 103 Å². The van der Waals surface area contributed by atoms with E-state index in [9.17, 15) is 14.6 Å². The average molecular weight is 1810 g/mol. The van der Waals surface area contributed by atoms with Gasteiger partial charge >= 0.3 is 0 Å². The second-order valence-corrected chi connectivity index (χ2v) is 41.7. The van der Waals surface area contributed by atoms with E-state index >= 15 is 0 Å². The summed E-state index contributed by atoms with van der Waals surface area (Å²) in [4.78, 5) is 0. The summed E-state index contributed by atoms with van der Waals surface area (Å²) in [5.74, 6) is 1.39. The van der Waals surface area contributed by atoms with Crippen LogP contribution in [0.5, 0.6) is 17.2 Å². The summed E-state index contributed by atoms with van der Waals surface area (Å²) in [5, 5.41) is 38.0. The molecule has 0 radical (unpaired) electrons. The molecule has 7 unspecified atom stereocenters. The number of halogens is 1. The highest BCUT2D eigenvalue weighted by molar-refractivity contribution is 5.38. The number of phenolic OH excluding ortho intramolecular Hbond substituents is 2. The van der Waals surface area contributed by atoms with Crippen LogP contribution in [0.2, 0.25) is 0 Å². The van der Waals surface area contributed by atoms with Crippen LogP contribution in [0.25, 0.3) is 0 Å². The first-order chi connectivity index (χ1) is 63.7. The van der Waals surface area contributed by atoms with Gasteiger partial charge in [-0.25, -0.2) is 4.39 Å². The molecule has 10 aromatic rings. The number of para-hydroxylation sites is 2. The van der Waals surface area contributed by atoms with E-state index in [-0.39, 0.29) is 60.9 Å². The summed E-state index contributed by atoms with van der Waals surface area (Å²) in [7, 11) is 1.70. The van der Waals surface area contributed by atoms with Crippen molar-refractivity contribution < 1.29 is 43.0 Å². The monoisotopic (exact) mass is 1810 g/mol. The Kier molecular flexibility index (Phi) is 38.3. The summed E-state index contributed by atoms with van der Waals surface area (Å²) >= 11 is 0. The van der Waals surface area contributed by atoms with Crippen LogP contribution in [0.4, 0.5) is 4.39 Å². The molecule has 5 heterocycles. The Morgan fingerprint density at radius 2 is 0.609 bits per heavy atom. The Labute approximate surface area is 800 Å². The molecular weight excluding hydrogens is 1650 g/mol. The number of benzene rings is 10. The predicted octanol–water partition coefficient (Wildman–Crippen LogP) is 26.2. The molecule has 13 nitrogen and oxygen atoms in total. The largest absolute Gasteiger partial charge is 0.508 e. The zero-order valence-corrected chi connectivity index (χ0v) is 83.8. The van der Waals surface area contributed by atoms with Crippen molar-refractivity contribution in [2.24, 2.45) is 0 Å². The maximum absolute atomic E-state index is 13.5. The fraction of sp³-hybridized carbons (Fsp3) is 0.496. The van der Waals surface area contributed by atoms with E-state index in [1.165, 1.54) is 66.8 Å². The van der Waals surface area contributed by atoms with Crippen molar-refractivity contribution in [2.45, 2.75) is 307 Å². The molecule has 0 aliphatic carbocycles. The fourth-order valence-electron chi connectivity index (χ4n) is 21.5. The highest BCUT2D eigenvalue weighted by Gasteiger charge is 2.48. The molecule has 5 fully saturated rings. The SMILES string of the molecule is CCC1(C)CC(CCNCc2ccccc2O)(c2ccc(C)cc2)CCO1.CCC1(C)CC(CCNCc2ccccc2O)(c2ccc(F)cc2)CCO1.COc1ccc(CNCCC2(c3ccc(C)cc3)CCOC(C)(C)C2)cc1.Cc1ccc(C2(CCN[C@@H](C)c3ccccc3)CCOC(C)(C)C2)cc1.Cc1ccc(C2(CCN[C@H](C)c3ccccc3)CCOC(C)(C)C2)cc1. The Balaban J connectivity index is 0.000000160. The van der Waals surface area contributed by atoms with Gasteiger partial charge in [-0.15, -0.1) is 0 Å². The van der Waals surface area contributed by atoms with Crippen molar-refractivity contribution in [3.63, 3.8) is 0 Å². The van der Waals surface area contributed by atoms with Crippen molar-refractivity contribution in [3.05, 3.63) is 338 Å². The molecule has 0 bridgehead atoms. The van der Waals surface area contributed by atoms with Crippen LogP contribution >= 0.6 is 0 Å². The van der Waals surface area contributed by atoms with Crippen molar-refractivity contribution in [3.8, 4) is 17.2 Å². The lowest BCUT2D eigenvalue weighted by molar-refractivity contribution is -0.0982. The zero-order chi connectivity index (χ0) is 95.2. The van der Waals surface area contributed by atoms with Gasteiger partial charge in [0.2, 0.25) is 0 Å². The van der Waals surface area contributed by atoms with E-state index in [1.54, 1.807) is 31.4 Å². The van der Waals surface area contributed by atoms with Crippen molar-refractivity contribution in [1.29, 1.82) is 0 Å². The van der Waals surface area contributed by atoms with Gasteiger partial charge in [0.1, 0.15) is 23.1 Å². The number of hydrogen-bond acceptors (Lipinski definition) is 13. The van der Waals surface area contributed by atoms with Gasteiger partial charge in [-0.05, 0) is 320 Å². The van der Waals surface area contributed by atoms with Crippen LogP contribution in [-0.4, -0.2) is 111 Å². The maximum Gasteiger partial charge on any atom is 0.123 e. The Bertz CT molecular complexity index is 4820. The molecule has 15 rings (SSSR count).